The zero-order chi connectivity index (χ0) is 12.6. The molecule has 0 unspecified atom stereocenters. The predicted octanol–water partition coefficient (Wildman–Crippen LogP) is 0.923. The fourth-order valence-electron chi connectivity index (χ4n) is 2.32. The lowest BCUT2D eigenvalue weighted by molar-refractivity contribution is -0.150. The summed E-state index contributed by atoms with van der Waals surface area (Å²) in [6, 6.07) is 0. The number of nitrogens with one attached hydrogen (secondary N) is 1. The lowest BCUT2D eigenvalue weighted by Crippen LogP contribution is -2.56. The van der Waals surface area contributed by atoms with E-state index in [1.807, 2.05) is 6.92 Å². The summed E-state index contributed by atoms with van der Waals surface area (Å²) in [6.45, 7) is 3.51. The molecular formula is C12H19NO4. The van der Waals surface area contributed by atoms with Crippen molar-refractivity contribution < 1.29 is 19.4 Å². The zero-order valence-electron chi connectivity index (χ0n) is 10.2. The highest BCUT2D eigenvalue weighted by atomic mass is 16.5. The lowest BCUT2D eigenvalue weighted by Gasteiger charge is -2.27. The van der Waals surface area contributed by atoms with Crippen LogP contribution in [-0.2, 0) is 14.3 Å². The third-order valence-electron chi connectivity index (χ3n) is 3.75. The van der Waals surface area contributed by atoms with Gasteiger partial charge < -0.3 is 15.2 Å². The number of carbonyl (C=O) groups excluding carboxylic acids is 1. The van der Waals surface area contributed by atoms with Crippen LogP contribution in [0.4, 0.5) is 0 Å². The Morgan fingerprint density at radius 1 is 1.29 bits per heavy atom. The number of ether oxygens (including phenoxy) is 1. The fourth-order valence-corrected chi connectivity index (χ4v) is 2.32. The molecule has 2 N–H and O–H groups in total. The highest BCUT2D eigenvalue weighted by molar-refractivity contribution is 5.89. The van der Waals surface area contributed by atoms with Crippen LogP contribution in [0, 0.1) is 5.92 Å². The first-order valence-corrected chi connectivity index (χ1v) is 6.14. The van der Waals surface area contributed by atoms with Crippen LogP contribution in [0.15, 0.2) is 0 Å². The average Bonchev–Trinajstić information content (AvgIpc) is 3.01. The number of aliphatic carboxylic acids is 1. The van der Waals surface area contributed by atoms with Crippen LogP contribution in [0.2, 0.25) is 0 Å². The van der Waals surface area contributed by atoms with Crippen molar-refractivity contribution in [2.45, 2.75) is 57.3 Å². The van der Waals surface area contributed by atoms with Crippen molar-refractivity contribution in [3.8, 4) is 0 Å². The van der Waals surface area contributed by atoms with E-state index in [0.717, 1.165) is 19.3 Å². The quantitative estimate of drug-likeness (QED) is 0.767. The first-order chi connectivity index (χ1) is 7.93. The van der Waals surface area contributed by atoms with E-state index < -0.39 is 17.6 Å². The van der Waals surface area contributed by atoms with Crippen molar-refractivity contribution in [1.82, 2.24) is 5.32 Å². The van der Waals surface area contributed by atoms with Gasteiger partial charge in [-0.05, 0) is 45.4 Å². The highest BCUT2D eigenvalue weighted by Gasteiger charge is 2.49. The maximum absolute atomic E-state index is 11.9. The number of hydrogen-bond donors (Lipinski definition) is 2. The van der Waals surface area contributed by atoms with E-state index >= 15 is 0 Å². The number of rotatable bonds is 4. The lowest BCUT2D eigenvalue weighted by atomic mass is 9.95. The van der Waals surface area contributed by atoms with Crippen molar-refractivity contribution in [3.63, 3.8) is 0 Å². The van der Waals surface area contributed by atoms with Crippen LogP contribution >= 0.6 is 0 Å². The minimum Gasteiger partial charge on any atom is -0.480 e. The molecule has 0 spiro atoms. The van der Waals surface area contributed by atoms with Gasteiger partial charge in [-0.15, -0.1) is 0 Å². The van der Waals surface area contributed by atoms with Gasteiger partial charge in [0, 0.05) is 0 Å². The minimum absolute atomic E-state index is 0.0581. The first-order valence-electron chi connectivity index (χ1n) is 6.14. The molecule has 1 amide bonds. The molecule has 5 heteroatoms. The van der Waals surface area contributed by atoms with Crippen LogP contribution in [0.1, 0.15) is 39.5 Å². The molecular weight excluding hydrogens is 222 g/mol. The predicted molar refractivity (Wildman–Crippen MR) is 60.5 cm³/mol. The molecule has 1 saturated heterocycles. The van der Waals surface area contributed by atoms with E-state index in [0.29, 0.717) is 6.42 Å². The molecule has 3 atom stereocenters. The zero-order valence-corrected chi connectivity index (χ0v) is 10.2. The topological polar surface area (TPSA) is 75.6 Å². The Kier molecular flexibility index (Phi) is 3.12. The summed E-state index contributed by atoms with van der Waals surface area (Å²) in [5.74, 6) is -1.19. The van der Waals surface area contributed by atoms with Crippen molar-refractivity contribution >= 4 is 11.9 Å². The Balaban J connectivity index is 1.98. The van der Waals surface area contributed by atoms with Gasteiger partial charge >= 0.3 is 5.97 Å². The SMILES string of the molecule is C[C@@H]1CC[C@@H](C(=O)N[C@@](C)(C(=O)O)C2CC2)O1. The van der Waals surface area contributed by atoms with Crippen molar-refractivity contribution in [2.24, 2.45) is 5.92 Å². The molecule has 0 aromatic carbocycles. The van der Waals surface area contributed by atoms with Gasteiger partial charge in [-0.2, -0.15) is 0 Å². The average molecular weight is 241 g/mol. The fraction of sp³-hybridized carbons (Fsp3) is 0.833. The van der Waals surface area contributed by atoms with Crippen LogP contribution in [0.5, 0.6) is 0 Å². The number of carbonyl (C=O) groups is 2. The summed E-state index contributed by atoms with van der Waals surface area (Å²) in [5, 5.41) is 11.9. The summed E-state index contributed by atoms with van der Waals surface area (Å²) < 4.78 is 5.44. The van der Waals surface area contributed by atoms with E-state index in [2.05, 4.69) is 5.32 Å². The van der Waals surface area contributed by atoms with Crippen LogP contribution < -0.4 is 5.32 Å². The third kappa shape index (κ3) is 2.44. The van der Waals surface area contributed by atoms with Gasteiger partial charge in [0.2, 0.25) is 5.91 Å². The van der Waals surface area contributed by atoms with Crippen LogP contribution in [0.3, 0.4) is 0 Å². The van der Waals surface area contributed by atoms with E-state index in [1.165, 1.54) is 0 Å². The molecule has 1 heterocycles. The Morgan fingerprint density at radius 2 is 1.94 bits per heavy atom. The summed E-state index contributed by atoms with van der Waals surface area (Å²) in [6.07, 6.45) is 2.86. The Hall–Kier alpha value is -1.10. The summed E-state index contributed by atoms with van der Waals surface area (Å²) in [4.78, 5) is 23.2. The molecule has 1 aliphatic carbocycles. The monoisotopic (exact) mass is 241 g/mol. The van der Waals surface area contributed by atoms with Gasteiger partial charge in [0.1, 0.15) is 11.6 Å². The molecule has 5 nitrogen and oxygen atoms in total. The highest BCUT2D eigenvalue weighted by Crippen LogP contribution is 2.40. The van der Waals surface area contributed by atoms with Crippen molar-refractivity contribution in [1.29, 1.82) is 0 Å². The molecule has 2 rings (SSSR count). The molecule has 0 bridgehead atoms. The van der Waals surface area contributed by atoms with Gasteiger partial charge in [0.25, 0.3) is 0 Å². The molecule has 17 heavy (non-hydrogen) atoms. The van der Waals surface area contributed by atoms with Gasteiger partial charge in [-0.25, -0.2) is 4.79 Å². The van der Waals surface area contributed by atoms with Crippen molar-refractivity contribution in [3.05, 3.63) is 0 Å². The molecule has 96 valence electrons. The van der Waals surface area contributed by atoms with E-state index in [4.69, 9.17) is 4.74 Å². The maximum atomic E-state index is 11.9. The Labute approximate surface area is 101 Å². The third-order valence-corrected chi connectivity index (χ3v) is 3.75. The number of carboxylic acids is 1. The number of carboxylic acid groups (broad SMARTS) is 1. The van der Waals surface area contributed by atoms with Gasteiger partial charge in [0.15, 0.2) is 0 Å². The van der Waals surface area contributed by atoms with Crippen molar-refractivity contribution in [2.75, 3.05) is 0 Å². The second-order valence-electron chi connectivity index (χ2n) is 5.28. The Morgan fingerprint density at radius 3 is 2.35 bits per heavy atom. The van der Waals surface area contributed by atoms with Gasteiger partial charge in [-0.3, -0.25) is 4.79 Å². The minimum atomic E-state index is -1.13. The van der Waals surface area contributed by atoms with E-state index in [-0.39, 0.29) is 17.9 Å². The normalized spacial score (nSPS) is 31.9. The smallest absolute Gasteiger partial charge is 0.329 e. The molecule has 1 saturated carbocycles. The number of amides is 1. The molecule has 2 fully saturated rings. The summed E-state index contributed by atoms with van der Waals surface area (Å²) in [7, 11) is 0. The standard InChI is InChI=1S/C12H19NO4/c1-7-3-6-9(17-7)10(14)13-12(2,11(15)16)8-4-5-8/h7-9H,3-6H2,1-2H3,(H,13,14)(H,15,16)/t7-,9+,12-/m1/s1. The summed E-state index contributed by atoms with van der Waals surface area (Å²) in [5.41, 5.74) is -1.13. The second-order valence-corrected chi connectivity index (χ2v) is 5.28. The van der Waals surface area contributed by atoms with Gasteiger partial charge in [0.05, 0.1) is 6.10 Å². The molecule has 0 radical (unpaired) electrons. The second kappa shape index (κ2) is 4.29. The molecule has 0 aromatic rings. The van der Waals surface area contributed by atoms with E-state index in [1.54, 1.807) is 6.92 Å². The molecule has 1 aliphatic heterocycles. The van der Waals surface area contributed by atoms with E-state index in [9.17, 15) is 14.7 Å². The summed E-state index contributed by atoms with van der Waals surface area (Å²) >= 11 is 0. The van der Waals surface area contributed by atoms with Gasteiger partial charge in [-0.1, -0.05) is 0 Å². The molecule has 0 aromatic heterocycles. The maximum Gasteiger partial charge on any atom is 0.329 e. The van der Waals surface area contributed by atoms with Crippen LogP contribution in [-0.4, -0.2) is 34.7 Å². The first kappa shape index (κ1) is 12.4. The van der Waals surface area contributed by atoms with Crippen LogP contribution in [0.25, 0.3) is 0 Å². The Bertz CT molecular complexity index is 339. The molecule has 2 aliphatic rings. The largest absolute Gasteiger partial charge is 0.480 e. The number of hydrogen-bond acceptors (Lipinski definition) is 3.